The smallest absolute Gasteiger partial charge is 0.251 e. The Bertz CT molecular complexity index is 552. The Kier molecular flexibility index (Phi) is 5.83. The van der Waals surface area contributed by atoms with Gasteiger partial charge >= 0.3 is 0 Å². The minimum absolute atomic E-state index is 0.000798. The largest absolute Gasteiger partial charge is 0.352 e. The number of benzene rings is 1. The fourth-order valence-corrected chi connectivity index (χ4v) is 2.75. The van der Waals surface area contributed by atoms with E-state index < -0.39 is 0 Å². The molecule has 1 saturated carbocycles. The highest BCUT2D eigenvalue weighted by atomic mass is 35.5. The van der Waals surface area contributed by atoms with Crippen molar-refractivity contribution in [3.05, 3.63) is 28.8 Å². The first-order valence-corrected chi connectivity index (χ1v) is 8.23. The molecule has 0 atom stereocenters. The molecular formula is C17H23ClN2O2. The van der Waals surface area contributed by atoms with E-state index in [-0.39, 0.29) is 17.7 Å². The molecule has 2 N–H and O–H groups in total. The number of amides is 2. The van der Waals surface area contributed by atoms with E-state index in [0.717, 1.165) is 25.7 Å². The third-order valence-corrected chi connectivity index (χ3v) is 4.21. The molecule has 2 rings (SSSR count). The summed E-state index contributed by atoms with van der Waals surface area (Å²) >= 11 is 6.13. The van der Waals surface area contributed by atoms with Crippen LogP contribution in [-0.4, -0.2) is 18.4 Å². The van der Waals surface area contributed by atoms with Crippen molar-refractivity contribution in [1.29, 1.82) is 0 Å². The fourth-order valence-electron chi connectivity index (χ4n) is 2.58. The van der Waals surface area contributed by atoms with Gasteiger partial charge in [0, 0.05) is 18.0 Å². The monoisotopic (exact) mass is 322 g/mol. The maximum atomic E-state index is 12.2. The van der Waals surface area contributed by atoms with Gasteiger partial charge in [-0.2, -0.15) is 0 Å². The second-order valence-electron chi connectivity index (χ2n) is 6.27. The molecule has 120 valence electrons. The van der Waals surface area contributed by atoms with Gasteiger partial charge in [-0.1, -0.05) is 38.3 Å². The molecule has 22 heavy (non-hydrogen) atoms. The van der Waals surface area contributed by atoms with Crippen molar-refractivity contribution in [3.8, 4) is 0 Å². The number of rotatable bonds is 5. The molecule has 1 aromatic carbocycles. The Labute approximate surface area is 136 Å². The number of carbonyl (C=O) groups excluding carboxylic acids is 2. The maximum Gasteiger partial charge on any atom is 0.251 e. The second kappa shape index (κ2) is 7.63. The number of nitrogens with one attached hydrogen (secondary N) is 2. The Hall–Kier alpha value is -1.55. The third-order valence-electron chi connectivity index (χ3n) is 3.88. The van der Waals surface area contributed by atoms with Crippen molar-refractivity contribution in [2.45, 2.75) is 39.5 Å². The van der Waals surface area contributed by atoms with E-state index in [4.69, 9.17) is 11.6 Å². The lowest BCUT2D eigenvalue weighted by Crippen LogP contribution is -2.27. The molecule has 0 saturated heterocycles. The summed E-state index contributed by atoms with van der Waals surface area (Å²) in [5.41, 5.74) is 1.02. The van der Waals surface area contributed by atoms with Crippen molar-refractivity contribution in [3.63, 3.8) is 0 Å². The van der Waals surface area contributed by atoms with Gasteiger partial charge in [0.05, 0.1) is 10.7 Å². The van der Waals surface area contributed by atoms with Crippen LogP contribution in [0, 0.1) is 11.8 Å². The van der Waals surface area contributed by atoms with Crippen LogP contribution in [0.2, 0.25) is 5.02 Å². The second-order valence-corrected chi connectivity index (χ2v) is 6.68. The minimum atomic E-state index is -0.151. The summed E-state index contributed by atoms with van der Waals surface area (Å²) in [5, 5.41) is 6.17. The molecule has 0 bridgehead atoms. The van der Waals surface area contributed by atoms with E-state index in [1.807, 2.05) is 13.8 Å². The molecule has 5 heteroatoms. The first-order chi connectivity index (χ1) is 10.5. The first kappa shape index (κ1) is 16.8. The van der Waals surface area contributed by atoms with Crippen molar-refractivity contribution in [2.24, 2.45) is 11.8 Å². The number of hydrogen-bond donors (Lipinski definition) is 2. The Morgan fingerprint density at radius 3 is 2.59 bits per heavy atom. The Morgan fingerprint density at radius 2 is 1.95 bits per heavy atom. The van der Waals surface area contributed by atoms with Gasteiger partial charge in [0.1, 0.15) is 0 Å². The van der Waals surface area contributed by atoms with Crippen LogP contribution in [0.1, 0.15) is 49.9 Å². The van der Waals surface area contributed by atoms with Crippen LogP contribution in [0.5, 0.6) is 0 Å². The van der Waals surface area contributed by atoms with E-state index in [0.29, 0.717) is 28.7 Å². The van der Waals surface area contributed by atoms with Crippen molar-refractivity contribution < 1.29 is 9.59 Å². The van der Waals surface area contributed by atoms with E-state index in [9.17, 15) is 9.59 Å². The zero-order valence-electron chi connectivity index (χ0n) is 13.1. The summed E-state index contributed by atoms with van der Waals surface area (Å²) in [4.78, 5) is 24.3. The van der Waals surface area contributed by atoms with E-state index >= 15 is 0 Å². The standard InChI is InChI=1S/C17H23ClN2O2/c1-11(2)10-19-16(21)13-7-8-14(18)15(9-13)20-17(22)12-5-3-4-6-12/h7-9,11-12H,3-6,10H2,1-2H3,(H,19,21)(H,20,22). The van der Waals surface area contributed by atoms with Crippen LogP contribution in [-0.2, 0) is 4.79 Å². The molecule has 0 aliphatic heterocycles. The molecule has 0 unspecified atom stereocenters. The van der Waals surface area contributed by atoms with Gasteiger partial charge in [0.15, 0.2) is 0 Å². The van der Waals surface area contributed by atoms with Crippen molar-refractivity contribution in [1.82, 2.24) is 5.32 Å². The summed E-state index contributed by atoms with van der Waals surface area (Å²) in [5.74, 6) is 0.299. The number of carbonyl (C=O) groups is 2. The Morgan fingerprint density at radius 1 is 1.27 bits per heavy atom. The van der Waals surface area contributed by atoms with Crippen molar-refractivity contribution >= 4 is 29.1 Å². The van der Waals surface area contributed by atoms with Crippen LogP contribution in [0.4, 0.5) is 5.69 Å². The molecule has 0 spiro atoms. The Balaban J connectivity index is 2.06. The van der Waals surface area contributed by atoms with Gasteiger partial charge in [0.25, 0.3) is 5.91 Å². The highest BCUT2D eigenvalue weighted by molar-refractivity contribution is 6.33. The molecule has 0 heterocycles. The third kappa shape index (κ3) is 4.47. The zero-order chi connectivity index (χ0) is 16.1. The summed E-state index contributed by atoms with van der Waals surface area (Å²) in [6.07, 6.45) is 4.06. The average molecular weight is 323 g/mol. The van der Waals surface area contributed by atoms with Gasteiger partial charge in [-0.05, 0) is 37.0 Å². The molecule has 2 amide bonds. The van der Waals surface area contributed by atoms with Crippen LogP contribution in [0.3, 0.4) is 0 Å². The van der Waals surface area contributed by atoms with E-state index in [2.05, 4.69) is 10.6 Å². The number of halogens is 1. The summed E-state index contributed by atoms with van der Waals surface area (Å²) in [6.45, 7) is 4.69. The summed E-state index contributed by atoms with van der Waals surface area (Å²) in [6, 6.07) is 4.96. The summed E-state index contributed by atoms with van der Waals surface area (Å²) in [7, 11) is 0. The molecule has 0 aromatic heterocycles. The lowest BCUT2D eigenvalue weighted by atomic mass is 10.1. The highest BCUT2D eigenvalue weighted by Gasteiger charge is 2.23. The fraction of sp³-hybridized carbons (Fsp3) is 0.529. The zero-order valence-corrected chi connectivity index (χ0v) is 13.9. The molecule has 1 fully saturated rings. The topological polar surface area (TPSA) is 58.2 Å². The lowest BCUT2D eigenvalue weighted by Gasteiger charge is -2.13. The predicted molar refractivity (Wildman–Crippen MR) is 89.2 cm³/mol. The molecular weight excluding hydrogens is 300 g/mol. The highest BCUT2D eigenvalue weighted by Crippen LogP contribution is 2.28. The predicted octanol–water partition coefficient (Wildman–Crippen LogP) is 3.85. The molecule has 0 radical (unpaired) electrons. The van der Waals surface area contributed by atoms with Gasteiger partial charge < -0.3 is 10.6 Å². The summed E-state index contributed by atoms with van der Waals surface area (Å²) < 4.78 is 0. The average Bonchev–Trinajstić information content (AvgIpc) is 3.01. The molecule has 1 aliphatic rings. The molecule has 1 aliphatic carbocycles. The minimum Gasteiger partial charge on any atom is -0.352 e. The normalized spacial score (nSPS) is 15.1. The van der Waals surface area contributed by atoms with Crippen LogP contribution < -0.4 is 10.6 Å². The van der Waals surface area contributed by atoms with Crippen LogP contribution >= 0.6 is 11.6 Å². The van der Waals surface area contributed by atoms with E-state index in [1.165, 1.54) is 0 Å². The van der Waals surface area contributed by atoms with Crippen molar-refractivity contribution in [2.75, 3.05) is 11.9 Å². The van der Waals surface area contributed by atoms with Gasteiger partial charge in [-0.25, -0.2) is 0 Å². The van der Waals surface area contributed by atoms with Gasteiger partial charge in [0.2, 0.25) is 5.91 Å². The molecule has 1 aromatic rings. The maximum absolute atomic E-state index is 12.2. The number of hydrogen-bond acceptors (Lipinski definition) is 2. The van der Waals surface area contributed by atoms with E-state index in [1.54, 1.807) is 18.2 Å². The van der Waals surface area contributed by atoms with Gasteiger partial charge in [-0.3, -0.25) is 9.59 Å². The number of anilines is 1. The van der Waals surface area contributed by atoms with Crippen LogP contribution in [0.25, 0.3) is 0 Å². The molecule has 4 nitrogen and oxygen atoms in total. The van der Waals surface area contributed by atoms with Crippen LogP contribution in [0.15, 0.2) is 18.2 Å². The quantitative estimate of drug-likeness (QED) is 0.865. The van der Waals surface area contributed by atoms with Gasteiger partial charge in [-0.15, -0.1) is 0 Å². The SMILES string of the molecule is CC(C)CNC(=O)c1ccc(Cl)c(NC(=O)C2CCCC2)c1. The first-order valence-electron chi connectivity index (χ1n) is 7.86. The lowest BCUT2D eigenvalue weighted by molar-refractivity contribution is -0.119.